The average molecular weight is 576 g/mol. The van der Waals surface area contributed by atoms with Crippen molar-refractivity contribution in [3.05, 3.63) is 63.9 Å². The van der Waals surface area contributed by atoms with Crippen LogP contribution in [0.25, 0.3) is 0 Å². The summed E-state index contributed by atoms with van der Waals surface area (Å²) < 4.78 is 42.6. The zero-order valence-corrected chi connectivity index (χ0v) is 24.1. The molecule has 0 fully saturated rings. The topological polar surface area (TPSA) is 90.0 Å². The summed E-state index contributed by atoms with van der Waals surface area (Å²) in [7, 11) is -1.71. The number of hydrogen-bond donors (Lipinski definition) is 1. The van der Waals surface area contributed by atoms with E-state index in [1.807, 2.05) is 20.8 Å². The molecule has 204 valence electrons. The molecule has 37 heavy (non-hydrogen) atoms. The van der Waals surface area contributed by atoms with Crippen LogP contribution in [-0.2, 0) is 26.3 Å². The van der Waals surface area contributed by atoms with Crippen LogP contribution >= 0.6 is 23.2 Å². The van der Waals surface area contributed by atoms with Crippen LogP contribution in [0.4, 0.5) is 10.1 Å². The molecule has 0 radical (unpaired) electrons. The number of rotatable bonds is 10. The maximum absolute atomic E-state index is 14.7. The summed E-state index contributed by atoms with van der Waals surface area (Å²) in [4.78, 5) is 28.3. The first-order valence-corrected chi connectivity index (χ1v) is 13.7. The molecular weight excluding hydrogens is 542 g/mol. The van der Waals surface area contributed by atoms with Crippen molar-refractivity contribution in [1.82, 2.24) is 14.5 Å². The molecule has 8 nitrogen and oxygen atoms in total. The van der Waals surface area contributed by atoms with Crippen molar-refractivity contribution in [2.24, 2.45) is 0 Å². The summed E-state index contributed by atoms with van der Waals surface area (Å²) in [5, 5.41) is 3.55. The SMILES string of the molecule is CC[C@@H](C(=O)NC(C)(C)C)N(Cc1ccc(Cl)cc1Cl)C(=O)CN(c1ccccc1F)S(=O)(=O)N(C)C. The number of benzene rings is 2. The number of para-hydroxylation sites is 1. The fourth-order valence-corrected chi connectivity index (χ4v) is 5.09. The summed E-state index contributed by atoms with van der Waals surface area (Å²) >= 11 is 12.4. The Morgan fingerprint density at radius 2 is 1.70 bits per heavy atom. The second-order valence-corrected chi connectivity index (χ2v) is 12.6. The lowest BCUT2D eigenvalue weighted by Gasteiger charge is -2.35. The van der Waals surface area contributed by atoms with E-state index in [4.69, 9.17) is 23.2 Å². The van der Waals surface area contributed by atoms with Gasteiger partial charge in [-0.25, -0.2) is 8.70 Å². The molecule has 2 rings (SSSR count). The van der Waals surface area contributed by atoms with E-state index in [1.165, 1.54) is 43.3 Å². The molecule has 1 atom stereocenters. The third-order valence-corrected chi connectivity index (χ3v) is 7.77. The monoisotopic (exact) mass is 574 g/mol. The molecule has 2 aromatic carbocycles. The van der Waals surface area contributed by atoms with Gasteiger partial charge in [0.15, 0.2) is 0 Å². The number of anilines is 1. The van der Waals surface area contributed by atoms with Crippen LogP contribution in [0.1, 0.15) is 39.7 Å². The molecule has 0 spiro atoms. The van der Waals surface area contributed by atoms with Crippen LogP contribution in [0.15, 0.2) is 42.5 Å². The van der Waals surface area contributed by atoms with Gasteiger partial charge in [0.25, 0.3) is 0 Å². The lowest BCUT2D eigenvalue weighted by Crippen LogP contribution is -2.55. The number of nitrogens with zero attached hydrogens (tertiary/aromatic N) is 3. The Morgan fingerprint density at radius 3 is 2.22 bits per heavy atom. The Bertz CT molecular complexity index is 1240. The highest BCUT2D eigenvalue weighted by Crippen LogP contribution is 2.26. The number of hydrogen-bond acceptors (Lipinski definition) is 4. The van der Waals surface area contributed by atoms with E-state index in [0.717, 1.165) is 10.4 Å². The zero-order valence-electron chi connectivity index (χ0n) is 21.8. The van der Waals surface area contributed by atoms with Gasteiger partial charge >= 0.3 is 10.2 Å². The Hall–Kier alpha value is -2.40. The van der Waals surface area contributed by atoms with Crippen LogP contribution in [0.2, 0.25) is 10.0 Å². The van der Waals surface area contributed by atoms with Gasteiger partial charge in [0.2, 0.25) is 11.8 Å². The second-order valence-electron chi connectivity index (χ2n) is 9.67. The average Bonchev–Trinajstić information content (AvgIpc) is 2.77. The summed E-state index contributed by atoms with van der Waals surface area (Å²) in [6.07, 6.45) is 0.235. The number of amides is 2. The molecule has 2 aromatic rings. The van der Waals surface area contributed by atoms with Crippen LogP contribution in [0.5, 0.6) is 0 Å². The second kappa shape index (κ2) is 12.4. The van der Waals surface area contributed by atoms with Gasteiger partial charge in [-0.15, -0.1) is 0 Å². The Kier molecular flexibility index (Phi) is 10.4. The van der Waals surface area contributed by atoms with Crippen LogP contribution < -0.4 is 9.62 Å². The molecule has 12 heteroatoms. The minimum atomic E-state index is -4.28. The Labute approximate surface area is 228 Å². The Balaban J connectivity index is 2.58. The fraction of sp³-hybridized carbons (Fsp3) is 0.440. The molecule has 0 aliphatic rings. The predicted molar refractivity (Wildman–Crippen MR) is 145 cm³/mol. The molecule has 0 saturated heterocycles. The van der Waals surface area contributed by atoms with Crippen molar-refractivity contribution in [2.45, 2.75) is 52.2 Å². The highest BCUT2D eigenvalue weighted by molar-refractivity contribution is 7.90. The van der Waals surface area contributed by atoms with Gasteiger partial charge in [0.1, 0.15) is 18.4 Å². The van der Waals surface area contributed by atoms with E-state index in [-0.39, 0.29) is 23.7 Å². The van der Waals surface area contributed by atoms with Crippen molar-refractivity contribution in [3.8, 4) is 0 Å². The van der Waals surface area contributed by atoms with Gasteiger partial charge in [-0.1, -0.05) is 48.3 Å². The molecule has 0 saturated carbocycles. The van der Waals surface area contributed by atoms with Crippen molar-refractivity contribution >= 4 is 50.9 Å². The molecule has 0 aliphatic heterocycles. The van der Waals surface area contributed by atoms with Gasteiger partial charge in [0.05, 0.1) is 5.69 Å². The largest absolute Gasteiger partial charge is 0.350 e. The minimum absolute atomic E-state index is 0.0992. The van der Waals surface area contributed by atoms with Gasteiger partial charge in [-0.3, -0.25) is 9.59 Å². The summed E-state index contributed by atoms with van der Waals surface area (Å²) in [5.74, 6) is -1.94. The summed E-state index contributed by atoms with van der Waals surface area (Å²) in [5.41, 5.74) is -0.361. The molecule has 1 N–H and O–H groups in total. The zero-order chi connectivity index (χ0) is 28.1. The van der Waals surface area contributed by atoms with Crippen LogP contribution in [0.3, 0.4) is 0 Å². The Morgan fingerprint density at radius 1 is 1.08 bits per heavy atom. The van der Waals surface area contributed by atoms with E-state index < -0.39 is 46.0 Å². The first-order valence-electron chi connectivity index (χ1n) is 11.6. The number of nitrogens with one attached hydrogen (secondary N) is 1. The van der Waals surface area contributed by atoms with Crippen LogP contribution in [-0.4, -0.2) is 61.7 Å². The molecule has 0 bridgehead atoms. The highest BCUT2D eigenvalue weighted by Gasteiger charge is 2.35. The molecule has 2 amide bonds. The third-order valence-electron chi connectivity index (χ3n) is 5.38. The molecule has 0 aromatic heterocycles. The van der Waals surface area contributed by atoms with E-state index >= 15 is 0 Å². The van der Waals surface area contributed by atoms with E-state index in [1.54, 1.807) is 19.1 Å². The van der Waals surface area contributed by atoms with Gasteiger partial charge < -0.3 is 10.2 Å². The normalized spacial score (nSPS) is 12.8. The van der Waals surface area contributed by atoms with Crippen molar-refractivity contribution in [1.29, 1.82) is 0 Å². The maximum Gasteiger partial charge on any atom is 0.304 e. The predicted octanol–water partition coefficient (Wildman–Crippen LogP) is 4.47. The first-order chi connectivity index (χ1) is 17.1. The number of carbonyl (C=O) groups is 2. The smallest absolute Gasteiger partial charge is 0.304 e. The van der Waals surface area contributed by atoms with E-state index in [2.05, 4.69) is 5.32 Å². The third kappa shape index (κ3) is 8.04. The standard InChI is InChI=1S/C25H33Cl2FN4O4S/c1-7-21(24(34)29-25(2,3)4)31(15-17-12-13-18(26)14-19(17)27)23(33)16-32(37(35,36)30(5)6)22-11-9-8-10-20(22)28/h8-14,21H,7,15-16H2,1-6H3,(H,29,34)/t21-/m0/s1. The number of carbonyl (C=O) groups excluding carboxylic acids is 2. The van der Waals surface area contributed by atoms with Crippen molar-refractivity contribution in [3.63, 3.8) is 0 Å². The van der Waals surface area contributed by atoms with Gasteiger partial charge in [-0.05, 0) is 57.0 Å². The molecule has 0 unspecified atom stereocenters. The molecular formula is C25H33Cl2FN4O4S. The highest BCUT2D eigenvalue weighted by atomic mass is 35.5. The van der Waals surface area contributed by atoms with E-state index in [9.17, 15) is 22.4 Å². The lowest BCUT2D eigenvalue weighted by atomic mass is 10.1. The van der Waals surface area contributed by atoms with Gasteiger partial charge in [-0.2, -0.15) is 12.7 Å². The summed E-state index contributed by atoms with van der Waals surface area (Å²) in [6.45, 7) is 6.32. The molecule has 0 heterocycles. The lowest BCUT2D eigenvalue weighted by molar-refractivity contribution is -0.141. The molecule has 0 aliphatic carbocycles. The fourth-order valence-electron chi connectivity index (χ4n) is 3.56. The maximum atomic E-state index is 14.7. The van der Waals surface area contributed by atoms with Crippen molar-refractivity contribution in [2.75, 3.05) is 24.9 Å². The van der Waals surface area contributed by atoms with Crippen LogP contribution in [0, 0.1) is 5.82 Å². The van der Waals surface area contributed by atoms with Gasteiger partial charge in [0, 0.05) is 36.2 Å². The van der Waals surface area contributed by atoms with Crippen molar-refractivity contribution < 1.29 is 22.4 Å². The quantitative estimate of drug-likeness (QED) is 0.453. The minimum Gasteiger partial charge on any atom is -0.350 e. The van der Waals surface area contributed by atoms with E-state index in [0.29, 0.717) is 14.9 Å². The summed E-state index contributed by atoms with van der Waals surface area (Å²) in [6, 6.07) is 9.05. The number of halogens is 3. The first kappa shape index (κ1) is 30.8.